The molecule has 0 fully saturated rings. The summed E-state index contributed by atoms with van der Waals surface area (Å²) in [7, 11) is 5.92. The highest BCUT2D eigenvalue weighted by molar-refractivity contribution is 5.70. The number of carboxylic acids is 1. The van der Waals surface area contributed by atoms with Crippen molar-refractivity contribution in [3.63, 3.8) is 0 Å². The molecular weight excluding hydrogens is 827 g/mol. The van der Waals surface area contributed by atoms with E-state index in [9.17, 15) is 19.5 Å². The van der Waals surface area contributed by atoms with E-state index in [1.54, 1.807) is 0 Å². The summed E-state index contributed by atoms with van der Waals surface area (Å²) in [5.74, 6) is -2.27. The molecule has 0 aliphatic carbocycles. The molecule has 0 saturated carbocycles. The molecular formula is C57H109NO8. The number of carbonyl (C=O) groups excluding carboxylic acids is 3. The van der Waals surface area contributed by atoms with Crippen molar-refractivity contribution in [1.29, 1.82) is 0 Å². The van der Waals surface area contributed by atoms with Crippen LogP contribution in [0.3, 0.4) is 0 Å². The Morgan fingerprint density at radius 3 is 1.12 bits per heavy atom. The molecule has 0 heterocycles. The fourth-order valence-corrected chi connectivity index (χ4v) is 8.36. The summed E-state index contributed by atoms with van der Waals surface area (Å²) in [6.07, 6.45) is 52.6. The van der Waals surface area contributed by atoms with Crippen LogP contribution in [0, 0.1) is 0 Å². The highest BCUT2D eigenvalue weighted by Gasteiger charge is 2.22. The molecule has 0 amide bonds. The van der Waals surface area contributed by atoms with Crippen LogP contribution in [-0.2, 0) is 33.3 Å². The Kier molecular flexibility index (Phi) is 48.0. The van der Waals surface area contributed by atoms with Crippen LogP contribution >= 0.6 is 0 Å². The van der Waals surface area contributed by atoms with Gasteiger partial charge in [0.1, 0.15) is 13.2 Å². The maximum Gasteiger partial charge on any atom is 0.306 e. The average molecular weight is 936 g/mol. The fraction of sp³-hybridized carbons (Fsp3) is 0.912. The van der Waals surface area contributed by atoms with Crippen LogP contribution in [0.15, 0.2) is 12.2 Å². The van der Waals surface area contributed by atoms with Gasteiger partial charge in [-0.1, -0.05) is 238 Å². The molecule has 0 aromatic heterocycles. The van der Waals surface area contributed by atoms with E-state index in [1.807, 2.05) is 21.1 Å². The van der Waals surface area contributed by atoms with Gasteiger partial charge in [0.25, 0.3) is 0 Å². The van der Waals surface area contributed by atoms with E-state index in [-0.39, 0.29) is 32.2 Å². The van der Waals surface area contributed by atoms with Gasteiger partial charge in [-0.25, -0.2) is 0 Å². The van der Waals surface area contributed by atoms with Crippen molar-refractivity contribution in [3.8, 4) is 0 Å². The second-order valence-corrected chi connectivity index (χ2v) is 20.6. The number of hydrogen-bond acceptors (Lipinski definition) is 8. The summed E-state index contributed by atoms with van der Waals surface area (Å²) < 4.78 is 22.7. The zero-order valence-corrected chi connectivity index (χ0v) is 44.3. The number of quaternary nitrogens is 1. The van der Waals surface area contributed by atoms with Gasteiger partial charge in [0.05, 0.1) is 40.3 Å². The summed E-state index contributed by atoms with van der Waals surface area (Å²) in [5, 5.41) is 11.7. The number of likely N-dealkylation sites (N-methyl/N-ethyl adjacent to an activating group) is 1. The minimum atomic E-state index is -1.62. The molecule has 9 heteroatoms. The van der Waals surface area contributed by atoms with Gasteiger partial charge in [0.2, 0.25) is 0 Å². The lowest BCUT2D eigenvalue weighted by Crippen LogP contribution is -2.44. The Balaban J connectivity index is 4.18. The predicted molar refractivity (Wildman–Crippen MR) is 274 cm³/mol. The number of unbranched alkanes of at least 4 members (excludes halogenated alkanes) is 36. The van der Waals surface area contributed by atoms with Crippen molar-refractivity contribution in [2.24, 2.45) is 0 Å². The quantitative estimate of drug-likeness (QED) is 0.0195. The van der Waals surface area contributed by atoms with E-state index in [1.165, 1.54) is 193 Å². The van der Waals surface area contributed by atoms with Gasteiger partial charge in [-0.2, -0.15) is 0 Å². The normalized spacial score (nSPS) is 12.8. The first-order chi connectivity index (χ1) is 32.1. The van der Waals surface area contributed by atoms with Crippen LogP contribution in [0.1, 0.15) is 277 Å². The zero-order chi connectivity index (χ0) is 48.4. The third-order valence-electron chi connectivity index (χ3n) is 12.8. The largest absolute Gasteiger partial charge is 0.545 e. The third kappa shape index (κ3) is 49.9. The fourth-order valence-electron chi connectivity index (χ4n) is 8.36. The topological polar surface area (TPSA) is 111 Å². The smallest absolute Gasteiger partial charge is 0.306 e. The first kappa shape index (κ1) is 64.0. The van der Waals surface area contributed by atoms with Crippen molar-refractivity contribution < 1.29 is 42.9 Å². The van der Waals surface area contributed by atoms with Gasteiger partial charge in [-0.3, -0.25) is 9.59 Å². The maximum absolute atomic E-state index is 12.8. The SMILES string of the molecule is CCCCCCCCC/C=C\CCCCCCCC(=O)OC(COC(=O)CCCCCCCCCCCCCCCCCCCCCCCCCCC)COC(OCC[N+](C)(C)C)C(=O)[O-]. The Morgan fingerprint density at radius 2 is 0.773 bits per heavy atom. The molecule has 0 aliphatic rings. The molecule has 66 heavy (non-hydrogen) atoms. The molecule has 2 atom stereocenters. The van der Waals surface area contributed by atoms with Crippen LogP contribution in [0.4, 0.5) is 0 Å². The van der Waals surface area contributed by atoms with E-state index in [2.05, 4.69) is 26.0 Å². The van der Waals surface area contributed by atoms with Crippen molar-refractivity contribution >= 4 is 17.9 Å². The molecule has 2 unspecified atom stereocenters. The molecule has 0 spiro atoms. The lowest BCUT2D eigenvalue weighted by atomic mass is 10.0. The molecule has 0 bridgehead atoms. The molecule has 0 rings (SSSR count). The van der Waals surface area contributed by atoms with E-state index < -0.39 is 24.3 Å². The highest BCUT2D eigenvalue weighted by Crippen LogP contribution is 2.17. The Morgan fingerprint density at radius 1 is 0.439 bits per heavy atom. The predicted octanol–water partition coefficient (Wildman–Crippen LogP) is 14.8. The number of allylic oxidation sites excluding steroid dienone is 2. The van der Waals surface area contributed by atoms with E-state index in [0.717, 1.165) is 51.4 Å². The van der Waals surface area contributed by atoms with Crippen molar-refractivity contribution in [3.05, 3.63) is 12.2 Å². The summed E-state index contributed by atoms with van der Waals surface area (Å²) in [6, 6.07) is 0. The lowest BCUT2D eigenvalue weighted by molar-refractivity contribution is -0.870. The molecule has 0 saturated heterocycles. The number of carbonyl (C=O) groups is 3. The number of carboxylic acid groups (broad SMARTS) is 1. The van der Waals surface area contributed by atoms with Gasteiger partial charge in [-0.15, -0.1) is 0 Å². The third-order valence-corrected chi connectivity index (χ3v) is 12.8. The number of aliphatic carboxylic acids is 1. The van der Waals surface area contributed by atoms with Crippen LogP contribution in [-0.4, -0.2) is 82.3 Å². The van der Waals surface area contributed by atoms with Gasteiger partial charge in [-0.05, 0) is 38.5 Å². The first-order valence-corrected chi connectivity index (χ1v) is 28.3. The van der Waals surface area contributed by atoms with Crippen LogP contribution in [0.2, 0.25) is 0 Å². The standard InChI is InChI=1S/C57H109NO8/c1-6-8-10-12-14-16-18-20-22-24-25-26-27-28-29-30-31-32-34-35-37-39-41-43-45-47-54(59)64-51-53(52-65-57(56(61)62)63-50-49-58(3,4)5)66-55(60)48-46-44-42-40-38-36-33-23-21-19-17-15-13-11-9-7-2/h23,33,53,57H,6-22,24-32,34-52H2,1-5H3/b33-23-. The number of hydrogen-bond donors (Lipinski definition) is 0. The average Bonchev–Trinajstić information content (AvgIpc) is 3.28. The number of nitrogens with zero attached hydrogens (tertiary/aromatic N) is 1. The van der Waals surface area contributed by atoms with Gasteiger partial charge < -0.3 is 33.3 Å². The molecule has 390 valence electrons. The minimum absolute atomic E-state index is 0.150. The first-order valence-electron chi connectivity index (χ1n) is 28.3. The van der Waals surface area contributed by atoms with Gasteiger partial charge in [0, 0.05) is 12.8 Å². The number of esters is 2. The lowest BCUT2D eigenvalue weighted by Gasteiger charge is -2.26. The molecule has 0 aliphatic heterocycles. The van der Waals surface area contributed by atoms with Crippen LogP contribution < -0.4 is 5.11 Å². The second kappa shape index (κ2) is 49.5. The van der Waals surface area contributed by atoms with Crippen molar-refractivity contribution in [1.82, 2.24) is 0 Å². The summed E-state index contributed by atoms with van der Waals surface area (Å²) >= 11 is 0. The second-order valence-electron chi connectivity index (χ2n) is 20.6. The Labute approximate surface area is 408 Å². The minimum Gasteiger partial charge on any atom is -0.545 e. The molecule has 0 N–H and O–H groups in total. The maximum atomic E-state index is 12.8. The van der Waals surface area contributed by atoms with Crippen molar-refractivity contribution in [2.75, 3.05) is 47.5 Å². The molecule has 0 aromatic carbocycles. The van der Waals surface area contributed by atoms with Crippen LogP contribution in [0.25, 0.3) is 0 Å². The highest BCUT2D eigenvalue weighted by atomic mass is 16.7. The van der Waals surface area contributed by atoms with Gasteiger partial charge >= 0.3 is 11.9 Å². The Hall–Kier alpha value is -1.97. The Bertz CT molecular complexity index is 1090. The summed E-state index contributed by atoms with van der Waals surface area (Å²) in [5.41, 5.74) is 0. The molecule has 0 radical (unpaired) electrons. The van der Waals surface area contributed by atoms with E-state index >= 15 is 0 Å². The zero-order valence-electron chi connectivity index (χ0n) is 44.3. The molecule has 9 nitrogen and oxygen atoms in total. The van der Waals surface area contributed by atoms with E-state index in [4.69, 9.17) is 18.9 Å². The van der Waals surface area contributed by atoms with Gasteiger partial charge in [0.15, 0.2) is 12.4 Å². The number of ether oxygens (including phenoxy) is 4. The van der Waals surface area contributed by atoms with E-state index in [0.29, 0.717) is 23.9 Å². The summed E-state index contributed by atoms with van der Waals surface area (Å²) in [4.78, 5) is 37.2. The van der Waals surface area contributed by atoms with Crippen LogP contribution in [0.5, 0.6) is 0 Å². The summed E-state index contributed by atoms with van der Waals surface area (Å²) in [6.45, 7) is 4.78. The van der Waals surface area contributed by atoms with Crippen molar-refractivity contribution in [2.45, 2.75) is 289 Å². The monoisotopic (exact) mass is 936 g/mol. The number of rotatable bonds is 53. The molecule has 0 aromatic rings.